The Morgan fingerprint density at radius 2 is 1.88 bits per heavy atom. The molecular formula is C30H52O2Si. The Balaban J connectivity index is 1.67. The number of fused-ring (bicyclic) bond motifs is 1. The smallest absolute Gasteiger partial charge is 0.0811 e. The van der Waals surface area contributed by atoms with E-state index in [1.807, 2.05) is 0 Å². The molecule has 0 radical (unpaired) electrons. The molecular weight excluding hydrogens is 420 g/mol. The number of hydrogen-bond donors (Lipinski definition) is 2. The minimum absolute atomic E-state index is 0.419. The van der Waals surface area contributed by atoms with E-state index >= 15 is 0 Å². The molecule has 0 saturated heterocycles. The first-order valence-electron chi connectivity index (χ1n) is 13.7. The van der Waals surface area contributed by atoms with Crippen LogP contribution in [0.1, 0.15) is 92.4 Å². The third-order valence-corrected chi connectivity index (χ3v) is 16.1. The molecule has 6 atom stereocenters. The van der Waals surface area contributed by atoms with E-state index in [0.717, 1.165) is 23.0 Å². The molecule has 0 aromatic heterocycles. The van der Waals surface area contributed by atoms with Gasteiger partial charge in [-0.25, -0.2) is 0 Å². The van der Waals surface area contributed by atoms with Gasteiger partial charge >= 0.3 is 0 Å². The predicted octanol–water partition coefficient (Wildman–Crippen LogP) is 8.05. The van der Waals surface area contributed by atoms with Crippen molar-refractivity contribution in [3.63, 3.8) is 0 Å². The number of rotatable bonds is 6. The van der Waals surface area contributed by atoms with E-state index in [1.54, 1.807) is 5.57 Å². The third kappa shape index (κ3) is 5.78. The molecule has 0 heterocycles. The van der Waals surface area contributed by atoms with Gasteiger partial charge in [0.1, 0.15) is 0 Å². The molecule has 33 heavy (non-hydrogen) atoms. The fourth-order valence-electron chi connectivity index (χ4n) is 7.12. The van der Waals surface area contributed by atoms with Gasteiger partial charge in [0, 0.05) is 6.42 Å². The number of aliphatic hydroxyl groups is 2. The monoisotopic (exact) mass is 472 g/mol. The molecule has 3 aliphatic carbocycles. The lowest BCUT2D eigenvalue weighted by Gasteiger charge is -2.44. The van der Waals surface area contributed by atoms with Crippen molar-refractivity contribution in [1.82, 2.24) is 0 Å². The van der Waals surface area contributed by atoms with Gasteiger partial charge in [0.05, 0.1) is 20.3 Å². The number of allylic oxidation sites excluding steroid dienone is 3. The topological polar surface area (TPSA) is 40.5 Å². The van der Waals surface area contributed by atoms with Gasteiger partial charge < -0.3 is 10.2 Å². The van der Waals surface area contributed by atoms with Crippen LogP contribution in [0, 0.1) is 23.2 Å². The van der Waals surface area contributed by atoms with Crippen molar-refractivity contribution >= 4 is 8.07 Å². The zero-order valence-corrected chi connectivity index (χ0v) is 23.7. The van der Waals surface area contributed by atoms with Crippen LogP contribution in [0.4, 0.5) is 0 Å². The molecule has 3 saturated carbocycles. The molecule has 188 valence electrons. The summed E-state index contributed by atoms with van der Waals surface area (Å²) in [7, 11) is -1.18. The molecule has 3 aliphatic rings. The molecule has 3 heteroatoms. The lowest BCUT2D eigenvalue weighted by molar-refractivity contribution is 0.0861. The quantitative estimate of drug-likeness (QED) is 0.384. The van der Waals surface area contributed by atoms with E-state index in [4.69, 9.17) is 0 Å². The van der Waals surface area contributed by atoms with E-state index in [0.29, 0.717) is 29.2 Å². The zero-order chi connectivity index (χ0) is 24.6. The summed E-state index contributed by atoms with van der Waals surface area (Å²) >= 11 is 0. The minimum atomic E-state index is -1.18. The first-order chi connectivity index (χ1) is 15.3. The first-order valence-corrected chi connectivity index (χ1v) is 16.9. The van der Waals surface area contributed by atoms with E-state index in [2.05, 4.69) is 66.4 Å². The highest BCUT2D eigenvalue weighted by Crippen LogP contribution is 2.60. The average molecular weight is 473 g/mol. The second kappa shape index (κ2) is 10.2. The normalized spacial score (nSPS) is 36.9. The SMILES string of the molecule is C=C1/C(=C\C=C2/CCC[C@]3(C)[C@@H](C(C)CCC[Si](C)(C)C(C)(C)C)CC[C@@H]23)C[C@@H](O)C[C@@H]1O. The maximum atomic E-state index is 10.2. The third-order valence-electron chi connectivity index (χ3n) is 10.5. The Hall–Kier alpha value is -0.643. The number of hydrogen-bond acceptors (Lipinski definition) is 2. The summed E-state index contributed by atoms with van der Waals surface area (Å²) in [6, 6.07) is 1.45. The Kier molecular flexibility index (Phi) is 8.29. The maximum absolute atomic E-state index is 10.2. The molecule has 3 rings (SSSR count). The lowest BCUT2D eigenvalue weighted by atomic mass is 9.61. The summed E-state index contributed by atoms with van der Waals surface area (Å²) in [6.45, 7) is 21.7. The van der Waals surface area contributed by atoms with Crippen molar-refractivity contribution in [2.45, 2.75) is 129 Å². The molecule has 0 spiro atoms. The Morgan fingerprint density at radius 1 is 1.18 bits per heavy atom. The van der Waals surface area contributed by atoms with Gasteiger partial charge in [0.15, 0.2) is 0 Å². The van der Waals surface area contributed by atoms with Gasteiger partial charge in [0.25, 0.3) is 0 Å². The summed E-state index contributed by atoms with van der Waals surface area (Å²) < 4.78 is 0. The summed E-state index contributed by atoms with van der Waals surface area (Å²) in [5, 5.41) is 20.8. The van der Waals surface area contributed by atoms with Crippen molar-refractivity contribution < 1.29 is 10.2 Å². The fourth-order valence-corrected chi connectivity index (χ4v) is 8.96. The van der Waals surface area contributed by atoms with Crippen LogP contribution in [0.15, 0.2) is 35.5 Å². The van der Waals surface area contributed by atoms with Gasteiger partial charge in [-0.05, 0) is 77.9 Å². The van der Waals surface area contributed by atoms with Crippen LogP contribution < -0.4 is 0 Å². The van der Waals surface area contributed by atoms with E-state index in [1.165, 1.54) is 51.0 Å². The molecule has 2 nitrogen and oxygen atoms in total. The van der Waals surface area contributed by atoms with Crippen LogP contribution in [-0.2, 0) is 0 Å². The summed E-state index contributed by atoms with van der Waals surface area (Å²) in [6.07, 6.45) is 13.9. The standard InChI is InChI=1S/C30H52O2Si/c1-21(11-10-18-33(7,8)29(3,4)5)26-15-16-27-23(12-9-17-30(26,27)6)13-14-24-19-25(31)20-28(32)22(24)2/h13-14,21,25-28,31-32H,2,9-12,15-20H2,1,3-8H3/b23-13+,24-14-/t21?,25-,26-,27+,28+,30-/m1/s1. The Morgan fingerprint density at radius 3 is 2.55 bits per heavy atom. The van der Waals surface area contributed by atoms with Crippen LogP contribution in [0.25, 0.3) is 0 Å². The summed E-state index contributed by atoms with van der Waals surface area (Å²) in [5.41, 5.74) is 3.88. The fraction of sp³-hybridized carbons (Fsp3) is 0.800. The van der Waals surface area contributed by atoms with E-state index < -0.39 is 20.3 Å². The van der Waals surface area contributed by atoms with Gasteiger partial charge in [-0.3, -0.25) is 0 Å². The molecule has 0 amide bonds. The van der Waals surface area contributed by atoms with Crippen molar-refractivity contribution in [2.75, 3.05) is 0 Å². The average Bonchev–Trinajstić information content (AvgIpc) is 3.06. The largest absolute Gasteiger partial charge is 0.393 e. The second-order valence-corrected chi connectivity index (χ2v) is 19.4. The minimum Gasteiger partial charge on any atom is -0.393 e. The Bertz CT molecular complexity index is 771. The molecule has 3 fully saturated rings. The maximum Gasteiger partial charge on any atom is 0.0811 e. The highest BCUT2D eigenvalue weighted by molar-refractivity contribution is 6.80. The molecule has 0 aliphatic heterocycles. The van der Waals surface area contributed by atoms with Crippen LogP contribution in [0.5, 0.6) is 0 Å². The molecule has 1 unspecified atom stereocenters. The zero-order valence-electron chi connectivity index (χ0n) is 22.7. The van der Waals surface area contributed by atoms with Crippen molar-refractivity contribution in [3.05, 3.63) is 35.5 Å². The van der Waals surface area contributed by atoms with Gasteiger partial charge in [-0.1, -0.05) is 90.9 Å². The Labute approximate surface area is 205 Å². The van der Waals surface area contributed by atoms with Gasteiger partial charge in [-0.2, -0.15) is 0 Å². The van der Waals surface area contributed by atoms with Crippen molar-refractivity contribution in [3.8, 4) is 0 Å². The van der Waals surface area contributed by atoms with Crippen molar-refractivity contribution in [2.24, 2.45) is 23.2 Å². The second-order valence-electron chi connectivity index (χ2n) is 13.7. The van der Waals surface area contributed by atoms with Crippen LogP contribution in [0.3, 0.4) is 0 Å². The van der Waals surface area contributed by atoms with Gasteiger partial charge in [0.2, 0.25) is 0 Å². The van der Waals surface area contributed by atoms with Crippen LogP contribution in [0.2, 0.25) is 24.2 Å². The van der Waals surface area contributed by atoms with Crippen LogP contribution >= 0.6 is 0 Å². The van der Waals surface area contributed by atoms with Crippen molar-refractivity contribution in [1.29, 1.82) is 0 Å². The summed E-state index contributed by atoms with van der Waals surface area (Å²) in [4.78, 5) is 0. The molecule has 0 aromatic rings. The predicted molar refractivity (Wildman–Crippen MR) is 145 cm³/mol. The van der Waals surface area contributed by atoms with E-state index in [9.17, 15) is 10.2 Å². The summed E-state index contributed by atoms with van der Waals surface area (Å²) in [5.74, 6) is 2.35. The van der Waals surface area contributed by atoms with Gasteiger partial charge in [-0.15, -0.1) is 0 Å². The van der Waals surface area contributed by atoms with Crippen LogP contribution in [-0.4, -0.2) is 30.5 Å². The van der Waals surface area contributed by atoms with E-state index in [-0.39, 0.29) is 0 Å². The lowest BCUT2D eigenvalue weighted by Crippen LogP contribution is -2.37. The molecule has 0 aromatic carbocycles. The first kappa shape index (κ1) is 27.0. The molecule has 2 N–H and O–H groups in total. The molecule has 0 bridgehead atoms. The highest BCUT2D eigenvalue weighted by atomic mass is 28.3. The highest BCUT2D eigenvalue weighted by Gasteiger charge is 2.50. The number of aliphatic hydroxyl groups excluding tert-OH is 2.